The maximum Gasteiger partial charge on any atom is 0.123 e. The molecule has 21 heavy (non-hydrogen) atoms. The molecule has 0 aromatic heterocycles. The maximum atomic E-state index is 7.53. The molecule has 0 bridgehead atoms. The average Bonchev–Trinajstić information content (AvgIpc) is 2.45. The molecule has 0 aliphatic carbocycles. The molecule has 1 aliphatic rings. The lowest BCUT2D eigenvalue weighted by Crippen LogP contribution is -2.21. The summed E-state index contributed by atoms with van der Waals surface area (Å²) >= 11 is 0. The van der Waals surface area contributed by atoms with Gasteiger partial charge in [-0.2, -0.15) is 0 Å². The molecule has 4 nitrogen and oxygen atoms in total. The molecule has 1 aromatic carbocycles. The molecule has 1 heterocycles. The van der Waals surface area contributed by atoms with Gasteiger partial charge in [-0.25, -0.2) is 0 Å². The highest BCUT2D eigenvalue weighted by atomic mass is 16.5. The van der Waals surface area contributed by atoms with E-state index in [0.717, 1.165) is 17.0 Å². The van der Waals surface area contributed by atoms with E-state index in [9.17, 15) is 0 Å². The van der Waals surface area contributed by atoms with E-state index in [0.29, 0.717) is 5.76 Å². The van der Waals surface area contributed by atoms with Crippen molar-refractivity contribution in [3.05, 3.63) is 59.6 Å². The van der Waals surface area contributed by atoms with Crippen molar-refractivity contribution in [2.24, 2.45) is 11.7 Å². The monoisotopic (exact) mass is 283 g/mol. The molecule has 110 valence electrons. The molecule has 0 radical (unpaired) electrons. The normalized spacial score (nSPS) is 18.0. The standard InChI is InChI=1S/C17H21N3O/c1-12-10-14(17(18)19)11-16(21-12)9-6-13-4-7-15(8-5-13)20(2)3/h4-11,14H,1-3H3,(H3,18,19). The first-order chi connectivity index (χ1) is 9.95. The van der Waals surface area contributed by atoms with E-state index in [1.807, 2.05) is 45.3 Å². The second-order valence-electron chi connectivity index (χ2n) is 5.25. The number of ether oxygens (including phenoxy) is 1. The number of rotatable bonds is 4. The second-order valence-corrected chi connectivity index (χ2v) is 5.25. The average molecular weight is 283 g/mol. The SMILES string of the molecule is CC1=CC(C(=N)N)C=C(C=Cc2ccc(N(C)C)cc2)O1. The Morgan fingerprint density at radius 3 is 2.43 bits per heavy atom. The molecular weight excluding hydrogens is 262 g/mol. The molecule has 3 N–H and O–H groups in total. The molecule has 0 saturated carbocycles. The van der Waals surface area contributed by atoms with Gasteiger partial charge in [-0.15, -0.1) is 0 Å². The lowest BCUT2D eigenvalue weighted by Gasteiger charge is -2.17. The maximum absolute atomic E-state index is 7.53. The number of benzene rings is 1. The molecule has 1 aliphatic heterocycles. The van der Waals surface area contributed by atoms with Crippen molar-refractivity contribution >= 4 is 17.6 Å². The summed E-state index contributed by atoms with van der Waals surface area (Å²) in [6.45, 7) is 1.86. The van der Waals surface area contributed by atoms with Gasteiger partial charge in [0.2, 0.25) is 0 Å². The fraction of sp³-hybridized carbons (Fsp3) is 0.235. The second kappa shape index (κ2) is 6.31. The van der Waals surface area contributed by atoms with E-state index < -0.39 is 0 Å². The van der Waals surface area contributed by atoms with Crippen LogP contribution < -0.4 is 10.6 Å². The predicted octanol–water partition coefficient (Wildman–Crippen LogP) is 3.14. The molecule has 0 amide bonds. The van der Waals surface area contributed by atoms with Crippen LogP contribution in [-0.2, 0) is 4.74 Å². The zero-order valence-electron chi connectivity index (χ0n) is 12.6. The Kier molecular flexibility index (Phi) is 4.48. The number of hydrogen-bond donors (Lipinski definition) is 2. The molecule has 1 unspecified atom stereocenters. The molecule has 2 rings (SSSR count). The van der Waals surface area contributed by atoms with Crippen molar-refractivity contribution < 1.29 is 4.74 Å². The Balaban J connectivity index is 2.12. The predicted molar refractivity (Wildman–Crippen MR) is 88.1 cm³/mol. The van der Waals surface area contributed by atoms with Gasteiger partial charge >= 0.3 is 0 Å². The summed E-state index contributed by atoms with van der Waals surface area (Å²) in [4.78, 5) is 2.06. The Hall–Kier alpha value is -2.49. The molecule has 4 heteroatoms. The summed E-state index contributed by atoms with van der Waals surface area (Å²) in [6.07, 6.45) is 7.57. The van der Waals surface area contributed by atoms with Gasteiger partial charge in [0.05, 0.1) is 11.7 Å². The zero-order valence-corrected chi connectivity index (χ0v) is 12.6. The smallest absolute Gasteiger partial charge is 0.123 e. The van der Waals surface area contributed by atoms with Crippen LogP contribution in [0.25, 0.3) is 6.08 Å². The van der Waals surface area contributed by atoms with E-state index in [2.05, 4.69) is 29.2 Å². The van der Waals surface area contributed by atoms with Gasteiger partial charge in [0, 0.05) is 19.8 Å². The first-order valence-corrected chi connectivity index (χ1v) is 6.83. The van der Waals surface area contributed by atoms with Crippen LogP contribution in [0.5, 0.6) is 0 Å². The van der Waals surface area contributed by atoms with Crippen molar-refractivity contribution in [3.63, 3.8) is 0 Å². The van der Waals surface area contributed by atoms with E-state index in [1.165, 1.54) is 0 Å². The minimum Gasteiger partial charge on any atom is -0.463 e. The number of amidine groups is 1. The molecule has 1 atom stereocenters. The fourth-order valence-electron chi connectivity index (χ4n) is 2.06. The fourth-order valence-corrected chi connectivity index (χ4v) is 2.06. The summed E-state index contributed by atoms with van der Waals surface area (Å²) < 4.78 is 5.63. The number of nitrogens with zero attached hydrogens (tertiary/aromatic N) is 1. The van der Waals surface area contributed by atoms with Crippen LogP contribution in [0.3, 0.4) is 0 Å². The number of hydrogen-bond acceptors (Lipinski definition) is 3. The highest BCUT2D eigenvalue weighted by molar-refractivity contribution is 5.83. The Morgan fingerprint density at radius 1 is 1.19 bits per heavy atom. The zero-order chi connectivity index (χ0) is 15.4. The van der Waals surface area contributed by atoms with Crippen LogP contribution in [-0.4, -0.2) is 19.9 Å². The van der Waals surface area contributed by atoms with Crippen molar-refractivity contribution in [1.29, 1.82) is 5.41 Å². The van der Waals surface area contributed by atoms with Crippen molar-refractivity contribution in [1.82, 2.24) is 0 Å². The third kappa shape index (κ3) is 3.99. The van der Waals surface area contributed by atoms with Gasteiger partial charge < -0.3 is 15.4 Å². The van der Waals surface area contributed by atoms with Crippen LogP contribution in [0.4, 0.5) is 5.69 Å². The van der Waals surface area contributed by atoms with Crippen molar-refractivity contribution in [3.8, 4) is 0 Å². The number of nitrogens with one attached hydrogen (secondary N) is 1. The Morgan fingerprint density at radius 2 is 1.86 bits per heavy atom. The Labute approximate surface area is 125 Å². The summed E-state index contributed by atoms with van der Waals surface area (Å²) in [6, 6.07) is 8.25. The summed E-state index contributed by atoms with van der Waals surface area (Å²) in [5.74, 6) is 1.42. The van der Waals surface area contributed by atoms with Gasteiger partial charge in [0.25, 0.3) is 0 Å². The largest absolute Gasteiger partial charge is 0.463 e. The van der Waals surface area contributed by atoms with Gasteiger partial charge in [-0.05, 0) is 42.8 Å². The van der Waals surface area contributed by atoms with Crippen LogP contribution in [0.2, 0.25) is 0 Å². The van der Waals surface area contributed by atoms with E-state index in [1.54, 1.807) is 0 Å². The number of allylic oxidation sites excluding steroid dienone is 2. The highest BCUT2D eigenvalue weighted by Crippen LogP contribution is 2.21. The van der Waals surface area contributed by atoms with Gasteiger partial charge in [-0.1, -0.05) is 18.2 Å². The molecular formula is C17H21N3O. The molecule has 1 aromatic rings. The van der Waals surface area contributed by atoms with E-state index in [4.69, 9.17) is 15.9 Å². The number of nitrogens with two attached hydrogens (primary N) is 1. The first kappa shape index (κ1) is 14.9. The lowest BCUT2D eigenvalue weighted by atomic mass is 10.0. The van der Waals surface area contributed by atoms with E-state index in [-0.39, 0.29) is 11.8 Å². The quantitative estimate of drug-likeness (QED) is 0.659. The first-order valence-electron chi connectivity index (χ1n) is 6.83. The van der Waals surface area contributed by atoms with Gasteiger partial charge in [-0.3, -0.25) is 5.41 Å². The molecule has 0 saturated heterocycles. The number of anilines is 1. The van der Waals surface area contributed by atoms with Gasteiger partial charge in [0.15, 0.2) is 0 Å². The van der Waals surface area contributed by atoms with Crippen LogP contribution in [0, 0.1) is 11.3 Å². The molecule has 0 spiro atoms. The van der Waals surface area contributed by atoms with Crippen molar-refractivity contribution in [2.45, 2.75) is 6.92 Å². The third-order valence-electron chi connectivity index (χ3n) is 3.25. The topological polar surface area (TPSA) is 62.3 Å². The summed E-state index contributed by atoms with van der Waals surface area (Å²) in [7, 11) is 4.03. The lowest BCUT2D eigenvalue weighted by molar-refractivity contribution is 0.310. The van der Waals surface area contributed by atoms with Crippen LogP contribution >= 0.6 is 0 Å². The molecule has 0 fully saturated rings. The van der Waals surface area contributed by atoms with Crippen molar-refractivity contribution in [2.75, 3.05) is 19.0 Å². The summed E-state index contributed by atoms with van der Waals surface area (Å²) in [5, 5.41) is 7.53. The van der Waals surface area contributed by atoms with Crippen LogP contribution in [0.15, 0.2) is 54.0 Å². The van der Waals surface area contributed by atoms with Crippen LogP contribution in [0.1, 0.15) is 12.5 Å². The highest BCUT2D eigenvalue weighted by Gasteiger charge is 2.13. The summed E-state index contributed by atoms with van der Waals surface area (Å²) in [5.41, 5.74) is 7.81. The van der Waals surface area contributed by atoms with Gasteiger partial charge in [0.1, 0.15) is 11.6 Å². The minimum absolute atomic E-state index is 0.124. The Bertz CT molecular complexity index is 609. The third-order valence-corrected chi connectivity index (χ3v) is 3.25. The van der Waals surface area contributed by atoms with E-state index >= 15 is 0 Å². The minimum atomic E-state index is -0.186.